The molecule has 3 aromatic rings. The fraction of sp³-hybridized carbons (Fsp3) is 0.235. The standard InChI is InChI=1S/C17H16O3/c1-4-12-9(2)7-14-13-6-5-11(18)8-15(13)20-17(19)16(14)10(12)3/h5-8,18H,4H2,1-3H3. The number of benzene rings is 2. The van der Waals surface area contributed by atoms with Crippen LogP contribution in [0, 0.1) is 13.8 Å². The van der Waals surface area contributed by atoms with E-state index in [-0.39, 0.29) is 11.4 Å². The highest BCUT2D eigenvalue weighted by Crippen LogP contribution is 2.30. The lowest BCUT2D eigenvalue weighted by atomic mass is 9.93. The molecule has 0 saturated heterocycles. The molecule has 0 aliphatic rings. The first-order chi connectivity index (χ1) is 9.52. The molecule has 0 aliphatic carbocycles. The van der Waals surface area contributed by atoms with Crippen LogP contribution in [0.25, 0.3) is 21.7 Å². The molecule has 1 heterocycles. The SMILES string of the molecule is CCc1c(C)cc2c(c1C)c(=O)oc1cc(O)ccc12. The van der Waals surface area contributed by atoms with E-state index in [1.54, 1.807) is 12.1 Å². The predicted octanol–water partition coefficient (Wildman–Crippen LogP) is 3.83. The summed E-state index contributed by atoms with van der Waals surface area (Å²) >= 11 is 0. The maximum Gasteiger partial charge on any atom is 0.344 e. The van der Waals surface area contributed by atoms with Crippen LogP contribution in [0.15, 0.2) is 33.5 Å². The molecule has 0 radical (unpaired) electrons. The van der Waals surface area contributed by atoms with Crippen molar-refractivity contribution in [1.82, 2.24) is 0 Å². The Labute approximate surface area is 116 Å². The van der Waals surface area contributed by atoms with Crippen molar-refractivity contribution in [2.45, 2.75) is 27.2 Å². The lowest BCUT2D eigenvalue weighted by Gasteiger charge is -2.12. The summed E-state index contributed by atoms with van der Waals surface area (Å²) in [6.07, 6.45) is 0.890. The van der Waals surface area contributed by atoms with Crippen LogP contribution in [-0.4, -0.2) is 5.11 Å². The van der Waals surface area contributed by atoms with E-state index in [1.165, 1.54) is 17.2 Å². The minimum absolute atomic E-state index is 0.0959. The Morgan fingerprint density at radius 1 is 1.15 bits per heavy atom. The third-order valence-electron chi connectivity index (χ3n) is 3.95. The molecule has 0 spiro atoms. The van der Waals surface area contributed by atoms with Gasteiger partial charge in [0.15, 0.2) is 0 Å². The molecule has 3 nitrogen and oxygen atoms in total. The summed E-state index contributed by atoms with van der Waals surface area (Å²) in [5.74, 6) is 0.0959. The summed E-state index contributed by atoms with van der Waals surface area (Å²) in [5.41, 5.74) is 3.45. The fourth-order valence-electron chi connectivity index (χ4n) is 3.01. The first-order valence-corrected chi connectivity index (χ1v) is 6.71. The van der Waals surface area contributed by atoms with Gasteiger partial charge in [0.25, 0.3) is 0 Å². The van der Waals surface area contributed by atoms with Crippen molar-refractivity contribution < 1.29 is 9.52 Å². The van der Waals surface area contributed by atoms with Crippen LogP contribution in [0.2, 0.25) is 0 Å². The molecular weight excluding hydrogens is 252 g/mol. The van der Waals surface area contributed by atoms with Crippen LogP contribution in [-0.2, 0) is 6.42 Å². The molecule has 0 bridgehead atoms. The number of hydrogen-bond acceptors (Lipinski definition) is 3. The topological polar surface area (TPSA) is 50.4 Å². The summed E-state index contributed by atoms with van der Waals surface area (Å²) in [7, 11) is 0. The molecule has 3 heteroatoms. The molecule has 3 rings (SSSR count). The van der Waals surface area contributed by atoms with E-state index < -0.39 is 0 Å². The van der Waals surface area contributed by atoms with Gasteiger partial charge in [0.2, 0.25) is 0 Å². The van der Waals surface area contributed by atoms with Crippen LogP contribution >= 0.6 is 0 Å². The summed E-state index contributed by atoms with van der Waals surface area (Å²) in [5, 5.41) is 11.9. The molecule has 0 atom stereocenters. The van der Waals surface area contributed by atoms with Gasteiger partial charge in [0.05, 0.1) is 5.39 Å². The average Bonchev–Trinajstić information content (AvgIpc) is 2.38. The molecule has 0 aliphatic heterocycles. The van der Waals surface area contributed by atoms with E-state index in [0.29, 0.717) is 11.0 Å². The van der Waals surface area contributed by atoms with Gasteiger partial charge >= 0.3 is 5.63 Å². The molecule has 102 valence electrons. The van der Waals surface area contributed by atoms with E-state index >= 15 is 0 Å². The van der Waals surface area contributed by atoms with Crippen molar-refractivity contribution >= 4 is 21.7 Å². The minimum atomic E-state index is -0.342. The molecule has 0 unspecified atom stereocenters. The van der Waals surface area contributed by atoms with Crippen molar-refractivity contribution in [1.29, 1.82) is 0 Å². The average molecular weight is 268 g/mol. The molecule has 20 heavy (non-hydrogen) atoms. The Balaban J connectivity index is 2.60. The van der Waals surface area contributed by atoms with Crippen LogP contribution in [0.3, 0.4) is 0 Å². The van der Waals surface area contributed by atoms with Gasteiger partial charge in [-0.05, 0) is 49.1 Å². The first-order valence-electron chi connectivity index (χ1n) is 6.71. The molecule has 1 aromatic heterocycles. The second kappa shape index (κ2) is 4.37. The highest BCUT2D eigenvalue weighted by molar-refractivity contribution is 6.06. The Bertz CT molecular complexity index is 888. The Morgan fingerprint density at radius 2 is 1.90 bits per heavy atom. The second-order valence-corrected chi connectivity index (χ2v) is 5.14. The van der Waals surface area contributed by atoms with E-state index in [1.807, 2.05) is 13.0 Å². The zero-order valence-corrected chi connectivity index (χ0v) is 11.8. The van der Waals surface area contributed by atoms with Gasteiger partial charge < -0.3 is 9.52 Å². The largest absolute Gasteiger partial charge is 0.508 e. The van der Waals surface area contributed by atoms with E-state index in [2.05, 4.69) is 13.8 Å². The minimum Gasteiger partial charge on any atom is -0.508 e. The van der Waals surface area contributed by atoms with E-state index in [9.17, 15) is 9.90 Å². The Hall–Kier alpha value is -2.29. The molecule has 0 saturated carbocycles. The van der Waals surface area contributed by atoms with Gasteiger partial charge in [0.1, 0.15) is 11.3 Å². The fourth-order valence-corrected chi connectivity index (χ4v) is 3.01. The van der Waals surface area contributed by atoms with Crippen molar-refractivity contribution in [3.8, 4) is 5.75 Å². The molecule has 0 fully saturated rings. The van der Waals surface area contributed by atoms with Gasteiger partial charge in [-0.15, -0.1) is 0 Å². The highest BCUT2D eigenvalue weighted by atomic mass is 16.4. The highest BCUT2D eigenvalue weighted by Gasteiger charge is 2.14. The van der Waals surface area contributed by atoms with Gasteiger partial charge in [-0.25, -0.2) is 4.79 Å². The number of hydrogen-bond donors (Lipinski definition) is 1. The summed E-state index contributed by atoms with van der Waals surface area (Å²) in [4.78, 5) is 12.3. The predicted molar refractivity (Wildman–Crippen MR) is 80.5 cm³/mol. The van der Waals surface area contributed by atoms with Crippen LogP contribution < -0.4 is 5.63 Å². The summed E-state index contributed by atoms with van der Waals surface area (Å²) in [6.45, 7) is 6.12. The van der Waals surface area contributed by atoms with E-state index in [0.717, 1.165) is 22.8 Å². The molecule has 0 amide bonds. The zero-order valence-electron chi connectivity index (χ0n) is 11.8. The van der Waals surface area contributed by atoms with Crippen LogP contribution in [0.4, 0.5) is 0 Å². The maximum atomic E-state index is 12.3. The molecule has 1 N–H and O–H groups in total. The smallest absolute Gasteiger partial charge is 0.344 e. The normalized spacial score (nSPS) is 11.3. The number of phenolic OH excluding ortho intramolecular Hbond substituents is 1. The molecule has 2 aromatic carbocycles. The van der Waals surface area contributed by atoms with Gasteiger partial charge in [-0.3, -0.25) is 0 Å². The Kier molecular flexibility index (Phi) is 2.78. The third-order valence-corrected chi connectivity index (χ3v) is 3.95. The number of aryl methyl sites for hydroxylation is 2. The van der Waals surface area contributed by atoms with Crippen molar-refractivity contribution in [2.75, 3.05) is 0 Å². The quantitative estimate of drug-likeness (QED) is 0.539. The number of rotatable bonds is 1. The maximum absolute atomic E-state index is 12.3. The molecular formula is C17H16O3. The zero-order chi connectivity index (χ0) is 14.4. The first kappa shape index (κ1) is 12.7. The van der Waals surface area contributed by atoms with Crippen molar-refractivity contribution in [3.63, 3.8) is 0 Å². The second-order valence-electron chi connectivity index (χ2n) is 5.14. The Morgan fingerprint density at radius 3 is 2.60 bits per heavy atom. The van der Waals surface area contributed by atoms with Crippen molar-refractivity contribution in [2.24, 2.45) is 0 Å². The third kappa shape index (κ3) is 1.70. The van der Waals surface area contributed by atoms with Gasteiger partial charge in [0, 0.05) is 16.8 Å². The summed E-state index contributed by atoms with van der Waals surface area (Å²) in [6, 6.07) is 6.92. The van der Waals surface area contributed by atoms with Gasteiger partial charge in [-0.1, -0.05) is 13.0 Å². The lowest BCUT2D eigenvalue weighted by Crippen LogP contribution is -2.05. The number of phenols is 1. The van der Waals surface area contributed by atoms with Crippen molar-refractivity contribution in [3.05, 3.63) is 51.4 Å². The number of aromatic hydroxyl groups is 1. The van der Waals surface area contributed by atoms with Crippen LogP contribution in [0.5, 0.6) is 5.75 Å². The monoisotopic (exact) mass is 268 g/mol. The van der Waals surface area contributed by atoms with Gasteiger partial charge in [-0.2, -0.15) is 0 Å². The lowest BCUT2D eigenvalue weighted by molar-refractivity contribution is 0.473. The number of fused-ring (bicyclic) bond motifs is 3. The van der Waals surface area contributed by atoms with Crippen LogP contribution in [0.1, 0.15) is 23.6 Å². The van der Waals surface area contributed by atoms with E-state index in [4.69, 9.17) is 4.42 Å². The summed E-state index contributed by atoms with van der Waals surface area (Å²) < 4.78 is 5.36.